The smallest absolute Gasteiger partial charge is 0.135 e. The lowest BCUT2D eigenvalue weighted by Gasteiger charge is -2.10. The van der Waals surface area contributed by atoms with Crippen molar-refractivity contribution in [2.24, 2.45) is 0 Å². The van der Waals surface area contributed by atoms with Gasteiger partial charge in [-0.05, 0) is 35.0 Å². The van der Waals surface area contributed by atoms with E-state index in [9.17, 15) is 0 Å². The lowest BCUT2D eigenvalue weighted by molar-refractivity contribution is 0.415. The Balaban J connectivity index is 2.33. The van der Waals surface area contributed by atoms with Crippen LogP contribution in [0.15, 0.2) is 28.9 Å². The Morgan fingerprint density at radius 2 is 2.06 bits per heavy atom. The summed E-state index contributed by atoms with van der Waals surface area (Å²) in [6.45, 7) is 1.82. The van der Waals surface area contributed by atoms with E-state index in [1.807, 2.05) is 13.0 Å². The molecule has 1 aromatic carbocycles. The minimum absolute atomic E-state index is 0.600. The first-order valence-electron chi connectivity index (χ1n) is 5.20. The number of aryl methyl sites for hydroxylation is 1. The number of nitrogens with one attached hydrogen (secondary N) is 1. The van der Waals surface area contributed by atoms with E-state index in [4.69, 9.17) is 16.3 Å². The van der Waals surface area contributed by atoms with Crippen LogP contribution in [0.2, 0.25) is 5.02 Å². The van der Waals surface area contributed by atoms with Crippen molar-refractivity contribution in [1.29, 1.82) is 0 Å². The molecule has 0 saturated carbocycles. The number of aromatic nitrogens is 2. The molecule has 6 heteroatoms. The van der Waals surface area contributed by atoms with Gasteiger partial charge in [-0.1, -0.05) is 11.6 Å². The van der Waals surface area contributed by atoms with Crippen molar-refractivity contribution in [2.75, 3.05) is 12.4 Å². The van der Waals surface area contributed by atoms with Crippen LogP contribution < -0.4 is 10.1 Å². The molecule has 4 nitrogen and oxygen atoms in total. The van der Waals surface area contributed by atoms with Crippen LogP contribution in [-0.4, -0.2) is 17.1 Å². The van der Waals surface area contributed by atoms with Crippen LogP contribution in [0.5, 0.6) is 5.75 Å². The van der Waals surface area contributed by atoms with Gasteiger partial charge in [-0.15, -0.1) is 0 Å². The molecule has 94 valence electrons. The molecule has 0 amide bonds. The lowest BCUT2D eigenvalue weighted by Crippen LogP contribution is -1.98. The molecular formula is C12H11BrClN3O. The van der Waals surface area contributed by atoms with E-state index in [0.717, 1.165) is 16.0 Å². The monoisotopic (exact) mass is 327 g/mol. The zero-order chi connectivity index (χ0) is 13.1. The first-order chi connectivity index (χ1) is 8.58. The molecular weight excluding hydrogens is 318 g/mol. The van der Waals surface area contributed by atoms with E-state index >= 15 is 0 Å². The Bertz CT molecular complexity index is 557. The predicted molar refractivity (Wildman–Crippen MR) is 75.8 cm³/mol. The van der Waals surface area contributed by atoms with E-state index in [0.29, 0.717) is 16.7 Å². The summed E-state index contributed by atoms with van der Waals surface area (Å²) in [5, 5.41) is 3.74. The molecule has 0 aliphatic heterocycles. The van der Waals surface area contributed by atoms with Gasteiger partial charge in [0.1, 0.15) is 22.0 Å². The number of hydrogen-bond acceptors (Lipinski definition) is 4. The molecule has 0 aliphatic carbocycles. The summed E-state index contributed by atoms with van der Waals surface area (Å²) < 4.78 is 5.87. The third-order valence-corrected chi connectivity index (χ3v) is 2.98. The zero-order valence-corrected chi connectivity index (χ0v) is 12.2. The molecule has 0 spiro atoms. The zero-order valence-electron chi connectivity index (χ0n) is 9.87. The fourth-order valence-electron chi connectivity index (χ4n) is 1.46. The van der Waals surface area contributed by atoms with Crippen LogP contribution in [0.1, 0.15) is 5.82 Å². The Kier molecular flexibility index (Phi) is 4.04. The number of nitrogens with zero attached hydrogens (tertiary/aromatic N) is 2. The van der Waals surface area contributed by atoms with Crippen LogP contribution in [0.25, 0.3) is 0 Å². The minimum Gasteiger partial charge on any atom is -0.497 e. The molecule has 0 unspecified atom stereocenters. The Morgan fingerprint density at radius 3 is 2.72 bits per heavy atom. The van der Waals surface area contributed by atoms with Gasteiger partial charge < -0.3 is 10.1 Å². The maximum atomic E-state index is 6.11. The molecule has 0 atom stereocenters. The van der Waals surface area contributed by atoms with Crippen LogP contribution in [-0.2, 0) is 0 Å². The molecule has 0 fully saturated rings. The second-order valence-electron chi connectivity index (χ2n) is 3.59. The quantitative estimate of drug-likeness (QED) is 0.867. The number of halogens is 2. The Morgan fingerprint density at radius 1 is 1.28 bits per heavy atom. The fourth-order valence-corrected chi connectivity index (χ4v) is 2.10. The minimum atomic E-state index is 0.600. The molecule has 2 aromatic rings. The average Bonchev–Trinajstić information content (AvgIpc) is 2.30. The molecule has 0 radical (unpaired) electrons. The summed E-state index contributed by atoms with van der Waals surface area (Å²) in [6, 6.07) is 7.16. The maximum Gasteiger partial charge on any atom is 0.135 e. The number of methoxy groups -OCH3 is 1. The number of benzene rings is 1. The highest BCUT2D eigenvalue weighted by molar-refractivity contribution is 9.10. The molecule has 1 heterocycles. The highest BCUT2D eigenvalue weighted by Crippen LogP contribution is 2.29. The van der Waals surface area contributed by atoms with E-state index in [1.165, 1.54) is 0 Å². The SMILES string of the molecule is COc1ccc(Cl)c(Nc2cc(Br)nc(C)n2)c1. The van der Waals surface area contributed by atoms with Gasteiger partial charge in [0, 0.05) is 12.1 Å². The first kappa shape index (κ1) is 13.1. The van der Waals surface area contributed by atoms with Gasteiger partial charge in [-0.25, -0.2) is 9.97 Å². The third-order valence-electron chi connectivity index (χ3n) is 2.24. The molecule has 0 bridgehead atoms. The summed E-state index contributed by atoms with van der Waals surface area (Å²) in [6.07, 6.45) is 0. The number of hydrogen-bond donors (Lipinski definition) is 1. The number of anilines is 2. The topological polar surface area (TPSA) is 47.0 Å². The van der Waals surface area contributed by atoms with Crippen molar-refractivity contribution >= 4 is 39.0 Å². The van der Waals surface area contributed by atoms with Crippen LogP contribution in [0.4, 0.5) is 11.5 Å². The van der Waals surface area contributed by atoms with E-state index in [-0.39, 0.29) is 0 Å². The third kappa shape index (κ3) is 3.11. The molecule has 0 saturated heterocycles. The van der Waals surface area contributed by atoms with Crippen molar-refractivity contribution < 1.29 is 4.74 Å². The van der Waals surface area contributed by atoms with E-state index in [2.05, 4.69) is 31.2 Å². The van der Waals surface area contributed by atoms with E-state index in [1.54, 1.807) is 25.3 Å². The van der Waals surface area contributed by atoms with Gasteiger partial charge in [-0.2, -0.15) is 0 Å². The van der Waals surface area contributed by atoms with Gasteiger partial charge in [0.15, 0.2) is 0 Å². The van der Waals surface area contributed by atoms with Crippen LogP contribution >= 0.6 is 27.5 Å². The molecule has 1 N–H and O–H groups in total. The molecule has 18 heavy (non-hydrogen) atoms. The lowest BCUT2D eigenvalue weighted by atomic mass is 10.3. The van der Waals surface area contributed by atoms with Gasteiger partial charge in [0.05, 0.1) is 17.8 Å². The second-order valence-corrected chi connectivity index (χ2v) is 4.81. The fraction of sp³-hybridized carbons (Fsp3) is 0.167. The standard InChI is InChI=1S/C12H11BrClN3O/c1-7-15-11(13)6-12(16-7)17-10-5-8(18-2)3-4-9(10)14/h3-6H,1-2H3,(H,15,16,17). The van der Waals surface area contributed by atoms with Crippen LogP contribution in [0, 0.1) is 6.92 Å². The largest absolute Gasteiger partial charge is 0.497 e. The Hall–Kier alpha value is -1.33. The summed E-state index contributed by atoms with van der Waals surface area (Å²) in [7, 11) is 1.61. The molecule has 1 aromatic heterocycles. The second kappa shape index (κ2) is 5.54. The Labute approximate surface area is 118 Å². The predicted octanol–water partition coefficient (Wildman–Crippen LogP) is 3.95. The van der Waals surface area contributed by atoms with Gasteiger partial charge in [0.2, 0.25) is 0 Å². The summed E-state index contributed by atoms with van der Waals surface area (Å²) in [4.78, 5) is 8.41. The van der Waals surface area contributed by atoms with Crippen LogP contribution in [0.3, 0.4) is 0 Å². The van der Waals surface area contributed by atoms with Crippen molar-refractivity contribution in [3.8, 4) is 5.75 Å². The number of ether oxygens (including phenoxy) is 1. The van der Waals surface area contributed by atoms with Crippen molar-refractivity contribution in [3.05, 3.63) is 39.7 Å². The normalized spacial score (nSPS) is 10.2. The van der Waals surface area contributed by atoms with Crippen molar-refractivity contribution in [3.63, 3.8) is 0 Å². The highest BCUT2D eigenvalue weighted by atomic mass is 79.9. The first-order valence-corrected chi connectivity index (χ1v) is 6.37. The van der Waals surface area contributed by atoms with Gasteiger partial charge in [-0.3, -0.25) is 0 Å². The molecule has 2 rings (SSSR count). The van der Waals surface area contributed by atoms with Gasteiger partial charge >= 0.3 is 0 Å². The van der Waals surface area contributed by atoms with Gasteiger partial charge in [0.25, 0.3) is 0 Å². The summed E-state index contributed by atoms with van der Waals surface area (Å²) >= 11 is 9.43. The van der Waals surface area contributed by atoms with E-state index < -0.39 is 0 Å². The summed E-state index contributed by atoms with van der Waals surface area (Å²) in [5.74, 6) is 2.07. The van der Waals surface area contributed by atoms with Crippen molar-refractivity contribution in [2.45, 2.75) is 6.92 Å². The maximum absolute atomic E-state index is 6.11. The summed E-state index contributed by atoms with van der Waals surface area (Å²) in [5.41, 5.74) is 0.737. The van der Waals surface area contributed by atoms with Crippen molar-refractivity contribution in [1.82, 2.24) is 9.97 Å². The number of rotatable bonds is 3. The average molecular weight is 329 g/mol. The highest BCUT2D eigenvalue weighted by Gasteiger charge is 2.05. The molecule has 0 aliphatic rings.